The summed E-state index contributed by atoms with van der Waals surface area (Å²) in [5.74, 6) is -0.304. The first-order valence-electron chi connectivity index (χ1n) is 6.98. The molecule has 0 spiro atoms. The Labute approximate surface area is 118 Å². The topological polar surface area (TPSA) is 81.4 Å². The molecule has 5 nitrogen and oxygen atoms in total. The average molecular weight is 276 g/mol. The highest BCUT2D eigenvalue weighted by molar-refractivity contribution is 5.84. The number of amides is 2. The maximum Gasteiger partial charge on any atom is 0.405 e. The van der Waals surface area contributed by atoms with Crippen molar-refractivity contribution in [2.75, 3.05) is 0 Å². The van der Waals surface area contributed by atoms with Gasteiger partial charge in [0.15, 0.2) is 0 Å². The van der Waals surface area contributed by atoms with Crippen molar-refractivity contribution in [1.82, 2.24) is 5.32 Å². The summed E-state index contributed by atoms with van der Waals surface area (Å²) in [6.07, 6.45) is 3.49. The van der Waals surface area contributed by atoms with E-state index >= 15 is 0 Å². The quantitative estimate of drug-likeness (QED) is 0.885. The molecule has 0 aromatic heterocycles. The molecule has 0 bridgehead atoms. The van der Waals surface area contributed by atoms with Gasteiger partial charge in [-0.1, -0.05) is 49.6 Å². The minimum absolute atomic E-state index is 0.166. The van der Waals surface area contributed by atoms with E-state index in [2.05, 4.69) is 5.32 Å². The molecule has 1 aliphatic rings. The molecule has 3 N–H and O–H groups in total. The number of benzene rings is 1. The van der Waals surface area contributed by atoms with Crippen molar-refractivity contribution in [2.45, 2.75) is 44.2 Å². The van der Waals surface area contributed by atoms with Gasteiger partial charge in [-0.2, -0.15) is 0 Å². The first kappa shape index (κ1) is 14.4. The Kier molecular flexibility index (Phi) is 4.98. The van der Waals surface area contributed by atoms with E-state index in [1.807, 2.05) is 6.07 Å². The Morgan fingerprint density at radius 3 is 2.40 bits per heavy atom. The third-order valence-corrected chi connectivity index (χ3v) is 3.53. The lowest BCUT2D eigenvalue weighted by Gasteiger charge is -2.25. The molecule has 20 heavy (non-hydrogen) atoms. The van der Waals surface area contributed by atoms with Crippen molar-refractivity contribution in [1.29, 1.82) is 0 Å². The standard InChI is InChI=1S/C15H20N2O3/c16-15(19)20-13(11-7-3-1-4-8-11)14(18)17-12-9-5-2-6-10-12/h1,3-4,7-8,12-13H,2,5-6,9-10H2,(H2,16,19)(H,17,18). The molecule has 1 fully saturated rings. The lowest BCUT2D eigenvalue weighted by molar-refractivity contribution is -0.130. The molecule has 1 aromatic rings. The molecule has 1 aliphatic carbocycles. The van der Waals surface area contributed by atoms with E-state index in [-0.39, 0.29) is 11.9 Å². The van der Waals surface area contributed by atoms with Gasteiger partial charge in [0.1, 0.15) is 0 Å². The normalized spacial score (nSPS) is 17.2. The maximum absolute atomic E-state index is 12.3. The third-order valence-electron chi connectivity index (χ3n) is 3.53. The number of nitrogens with two attached hydrogens (primary N) is 1. The van der Waals surface area contributed by atoms with Crippen LogP contribution < -0.4 is 11.1 Å². The van der Waals surface area contributed by atoms with E-state index in [0.29, 0.717) is 5.56 Å². The fourth-order valence-electron chi connectivity index (χ4n) is 2.54. The van der Waals surface area contributed by atoms with E-state index in [1.54, 1.807) is 24.3 Å². The van der Waals surface area contributed by atoms with Crippen LogP contribution in [-0.2, 0) is 9.53 Å². The fourth-order valence-corrected chi connectivity index (χ4v) is 2.54. The molecule has 1 atom stereocenters. The summed E-state index contributed by atoms with van der Waals surface area (Å²) in [6, 6.07) is 9.08. The molecule has 1 saturated carbocycles. The molecular weight excluding hydrogens is 256 g/mol. The van der Waals surface area contributed by atoms with Crippen LogP contribution in [0, 0.1) is 0 Å². The van der Waals surface area contributed by atoms with Crippen molar-refractivity contribution in [3.63, 3.8) is 0 Å². The van der Waals surface area contributed by atoms with Gasteiger partial charge < -0.3 is 15.8 Å². The van der Waals surface area contributed by atoms with Crippen molar-refractivity contribution in [3.8, 4) is 0 Å². The highest BCUT2D eigenvalue weighted by Gasteiger charge is 2.26. The Morgan fingerprint density at radius 1 is 1.15 bits per heavy atom. The zero-order valence-electron chi connectivity index (χ0n) is 11.4. The summed E-state index contributed by atoms with van der Waals surface area (Å²) in [5, 5.41) is 2.95. The van der Waals surface area contributed by atoms with E-state index < -0.39 is 12.2 Å². The van der Waals surface area contributed by atoms with Gasteiger partial charge in [0.25, 0.3) is 5.91 Å². The van der Waals surface area contributed by atoms with Crippen LogP contribution in [0.3, 0.4) is 0 Å². The first-order chi connectivity index (χ1) is 9.66. The van der Waals surface area contributed by atoms with Crippen LogP contribution >= 0.6 is 0 Å². The number of carbonyl (C=O) groups excluding carboxylic acids is 2. The summed E-state index contributed by atoms with van der Waals surface area (Å²) in [7, 11) is 0. The van der Waals surface area contributed by atoms with Crippen LogP contribution in [-0.4, -0.2) is 18.0 Å². The van der Waals surface area contributed by atoms with Crippen molar-refractivity contribution < 1.29 is 14.3 Å². The van der Waals surface area contributed by atoms with Crippen LogP contribution in [0.25, 0.3) is 0 Å². The number of hydrogen-bond donors (Lipinski definition) is 2. The molecule has 0 saturated heterocycles. The minimum atomic E-state index is -0.976. The first-order valence-corrected chi connectivity index (χ1v) is 6.98. The predicted molar refractivity (Wildman–Crippen MR) is 74.9 cm³/mol. The fraction of sp³-hybridized carbons (Fsp3) is 0.467. The maximum atomic E-state index is 12.3. The van der Waals surface area contributed by atoms with Gasteiger partial charge in [0.05, 0.1) is 0 Å². The van der Waals surface area contributed by atoms with Gasteiger partial charge in [-0.15, -0.1) is 0 Å². The highest BCUT2D eigenvalue weighted by Crippen LogP contribution is 2.21. The van der Waals surface area contributed by atoms with Gasteiger partial charge in [-0.05, 0) is 12.8 Å². The second kappa shape index (κ2) is 6.93. The second-order valence-corrected chi connectivity index (χ2v) is 5.07. The Balaban J connectivity index is 2.05. The van der Waals surface area contributed by atoms with E-state index in [9.17, 15) is 9.59 Å². The van der Waals surface area contributed by atoms with E-state index in [0.717, 1.165) is 25.7 Å². The molecule has 108 valence electrons. The summed E-state index contributed by atoms with van der Waals surface area (Å²) in [4.78, 5) is 23.3. The lowest BCUT2D eigenvalue weighted by atomic mass is 9.95. The minimum Gasteiger partial charge on any atom is -0.431 e. The van der Waals surface area contributed by atoms with Gasteiger partial charge in [0.2, 0.25) is 6.10 Å². The molecule has 5 heteroatoms. The molecular formula is C15H20N2O3. The number of rotatable bonds is 4. The lowest BCUT2D eigenvalue weighted by Crippen LogP contribution is -2.40. The summed E-state index contributed by atoms with van der Waals surface area (Å²) >= 11 is 0. The van der Waals surface area contributed by atoms with E-state index in [1.165, 1.54) is 6.42 Å². The molecule has 0 aliphatic heterocycles. The van der Waals surface area contributed by atoms with Gasteiger partial charge >= 0.3 is 6.09 Å². The van der Waals surface area contributed by atoms with Gasteiger partial charge in [-0.25, -0.2) is 4.79 Å². The zero-order valence-corrected chi connectivity index (χ0v) is 11.4. The smallest absolute Gasteiger partial charge is 0.405 e. The Bertz CT molecular complexity index is 455. The van der Waals surface area contributed by atoms with Gasteiger partial charge in [0, 0.05) is 11.6 Å². The third kappa shape index (κ3) is 3.98. The Morgan fingerprint density at radius 2 is 1.80 bits per heavy atom. The van der Waals surface area contributed by atoms with Crippen molar-refractivity contribution in [3.05, 3.63) is 35.9 Å². The molecule has 2 rings (SSSR count). The van der Waals surface area contributed by atoms with Crippen LogP contribution in [0.5, 0.6) is 0 Å². The van der Waals surface area contributed by atoms with Crippen molar-refractivity contribution >= 4 is 12.0 Å². The number of hydrogen-bond acceptors (Lipinski definition) is 3. The van der Waals surface area contributed by atoms with E-state index in [4.69, 9.17) is 10.5 Å². The van der Waals surface area contributed by atoms with Crippen LogP contribution in [0.1, 0.15) is 43.8 Å². The predicted octanol–water partition coefficient (Wildman–Crippen LogP) is 2.27. The summed E-state index contributed by atoms with van der Waals surface area (Å²) in [5.41, 5.74) is 5.69. The molecule has 1 unspecified atom stereocenters. The second-order valence-electron chi connectivity index (χ2n) is 5.07. The number of ether oxygens (including phenoxy) is 1. The number of carbonyl (C=O) groups is 2. The summed E-state index contributed by atoms with van der Waals surface area (Å²) in [6.45, 7) is 0. The molecule has 0 heterocycles. The van der Waals surface area contributed by atoms with Crippen LogP contribution in [0.2, 0.25) is 0 Å². The van der Waals surface area contributed by atoms with Crippen LogP contribution in [0.15, 0.2) is 30.3 Å². The largest absolute Gasteiger partial charge is 0.431 e. The Hall–Kier alpha value is -2.04. The molecule has 0 radical (unpaired) electrons. The van der Waals surface area contributed by atoms with Crippen LogP contribution in [0.4, 0.5) is 4.79 Å². The summed E-state index contributed by atoms with van der Waals surface area (Å²) < 4.78 is 4.97. The zero-order chi connectivity index (χ0) is 14.4. The number of primary amides is 1. The van der Waals surface area contributed by atoms with Gasteiger partial charge in [-0.3, -0.25) is 4.79 Å². The SMILES string of the molecule is NC(=O)OC(C(=O)NC1CCCCC1)c1ccccc1. The monoisotopic (exact) mass is 276 g/mol. The number of nitrogens with one attached hydrogen (secondary N) is 1. The average Bonchev–Trinajstić information content (AvgIpc) is 2.46. The van der Waals surface area contributed by atoms with Crippen molar-refractivity contribution in [2.24, 2.45) is 5.73 Å². The molecule has 2 amide bonds. The molecule has 1 aromatic carbocycles. The highest BCUT2D eigenvalue weighted by atomic mass is 16.6.